The molecule has 1 fully saturated rings. The summed E-state index contributed by atoms with van der Waals surface area (Å²) in [6.07, 6.45) is 2.97. The molecule has 1 amide bonds. The fourth-order valence-corrected chi connectivity index (χ4v) is 4.53. The molecule has 36 heavy (non-hydrogen) atoms. The number of carbonyl (C=O) groups is 2. The van der Waals surface area contributed by atoms with Gasteiger partial charge in [-0.3, -0.25) is 9.69 Å². The van der Waals surface area contributed by atoms with Crippen molar-refractivity contribution in [3.05, 3.63) is 59.0 Å². The van der Waals surface area contributed by atoms with Gasteiger partial charge in [0.15, 0.2) is 5.76 Å². The molecular formula is C27H29N3O6. The second-order valence-electron chi connectivity index (χ2n) is 10.1. The molecule has 1 saturated heterocycles. The number of ketones is 1. The van der Waals surface area contributed by atoms with Crippen molar-refractivity contribution in [3.8, 4) is 17.2 Å². The number of fused-ring (bicyclic) bond motifs is 2. The molecule has 3 N–H and O–H groups in total. The Labute approximate surface area is 208 Å². The van der Waals surface area contributed by atoms with Crippen LogP contribution < -0.4 is 4.74 Å². The normalized spacial score (nSPS) is 17.5. The summed E-state index contributed by atoms with van der Waals surface area (Å²) in [5.41, 5.74) is 1.73. The zero-order chi connectivity index (χ0) is 25.6. The number of hydrogen-bond acceptors (Lipinski definition) is 7. The number of phenolic OH excluding ortho intramolecular Hbond substituents is 2. The lowest BCUT2D eigenvalue weighted by Crippen LogP contribution is -2.49. The second-order valence-corrected chi connectivity index (χ2v) is 10.1. The topological polar surface area (TPSA) is 115 Å². The highest BCUT2D eigenvalue weighted by molar-refractivity contribution is 6.15. The minimum absolute atomic E-state index is 0.0436. The number of H-pyrrole nitrogens is 1. The first-order valence-corrected chi connectivity index (χ1v) is 11.9. The number of amides is 1. The summed E-state index contributed by atoms with van der Waals surface area (Å²) >= 11 is 0. The molecule has 0 radical (unpaired) electrons. The lowest BCUT2D eigenvalue weighted by Gasteiger charge is -2.35. The molecule has 0 saturated carbocycles. The molecule has 0 spiro atoms. The molecule has 3 aromatic rings. The van der Waals surface area contributed by atoms with Gasteiger partial charge in [0.2, 0.25) is 5.78 Å². The summed E-state index contributed by atoms with van der Waals surface area (Å²) in [6.45, 7) is 8.06. The van der Waals surface area contributed by atoms with Crippen LogP contribution in [0.25, 0.3) is 17.0 Å². The average molecular weight is 492 g/mol. The molecule has 0 bridgehead atoms. The summed E-state index contributed by atoms with van der Waals surface area (Å²) in [4.78, 5) is 32.3. The monoisotopic (exact) mass is 491 g/mol. The standard InChI is InChI=1S/C27H29N3O6/c1-27(2,3)36-26(34)30-11-9-29(10-12-30)15-18-20(31)8-7-17-24(33)22(35-25(17)18)13-16-14-28-19-5-4-6-21(32)23(16)19/h4-8,13-14,28,31-32H,9-12,15H2,1-3H3. The highest BCUT2D eigenvalue weighted by Gasteiger charge is 2.33. The van der Waals surface area contributed by atoms with Gasteiger partial charge in [-0.15, -0.1) is 0 Å². The number of aromatic nitrogens is 1. The number of piperazine rings is 1. The van der Waals surface area contributed by atoms with Crippen molar-refractivity contribution in [1.82, 2.24) is 14.8 Å². The second kappa shape index (κ2) is 8.91. The molecule has 9 heteroatoms. The SMILES string of the molecule is CC(C)(C)OC(=O)N1CCN(Cc2c(O)ccc3c2OC(=Cc2c[nH]c4cccc(O)c24)C3=O)CC1. The number of Topliss-reactive ketones (excluding diaryl/α,β-unsaturated/α-hetero) is 1. The Bertz CT molecular complexity index is 1380. The Hall–Kier alpha value is -3.98. The largest absolute Gasteiger partial charge is 0.507 e. The van der Waals surface area contributed by atoms with Crippen LogP contribution in [0.4, 0.5) is 4.79 Å². The molecule has 0 atom stereocenters. The highest BCUT2D eigenvalue weighted by Crippen LogP contribution is 2.41. The maximum absolute atomic E-state index is 13.1. The Morgan fingerprint density at radius 3 is 2.58 bits per heavy atom. The fourth-order valence-electron chi connectivity index (χ4n) is 4.53. The summed E-state index contributed by atoms with van der Waals surface area (Å²) in [6, 6.07) is 8.22. The van der Waals surface area contributed by atoms with E-state index in [1.165, 1.54) is 6.07 Å². The zero-order valence-electron chi connectivity index (χ0n) is 20.5. The molecule has 0 aliphatic carbocycles. The first-order chi connectivity index (χ1) is 17.1. The number of nitrogens with one attached hydrogen (secondary N) is 1. The Morgan fingerprint density at radius 2 is 1.86 bits per heavy atom. The van der Waals surface area contributed by atoms with E-state index in [4.69, 9.17) is 9.47 Å². The lowest BCUT2D eigenvalue weighted by atomic mass is 10.0. The molecule has 2 aromatic carbocycles. The summed E-state index contributed by atoms with van der Waals surface area (Å²) in [7, 11) is 0. The van der Waals surface area contributed by atoms with E-state index >= 15 is 0 Å². The minimum atomic E-state index is -0.550. The molecule has 5 rings (SSSR count). The van der Waals surface area contributed by atoms with Crippen molar-refractivity contribution in [1.29, 1.82) is 0 Å². The predicted octanol–water partition coefficient (Wildman–Crippen LogP) is 4.25. The zero-order valence-corrected chi connectivity index (χ0v) is 20.5. The van der Waals surface area contributed by atoms with Gasteiger partial charge in [0, 0.05) is 55.4 Å². The van der Waals surface area contributed by atoms with Crippen LogP contribution in [0, 0.1) is 0 Å². The maximum atomic E-state index is 13.1. The van der Waals surface area contributed by atoms with Gasteiger partial charge >= 0.3 is 6.09 Å². The minimum Gasteiger partial charge on any atom is -0.507 e. The van der Waals surface area contributed by atoms with E-state index in [9.17, 15) is 19.8 Å². The number of rotatable bonds is 3. The van der Waals surface area contributed by atoms with Gasteiger partial charge in [0.25, 0.3) is 0 Å². The van der Waals surface area contributed by atoms with Crippen molar-refractivity contribution in [3.63, 3.8) is 0 Å². The Morgan fingerprint density at radius 1 is 1.11 bits per heavy atom. The van der Waals surface area contributed by atoms with E-state index in [0.29, 0.717) is 60.5 Å². The Kier molecular flexibility index (Phi) is 5.88. The van der Waals surface area contributed by atoms with Crippen molar-refractivity contribution in [2.24, 2.45) is 0 Å². The Balaban J connectivity index is 1.34. The third-order valence-electron chi connectivity index (χ3n) is 6.32. The summed E-state index contributed by atoms with van der Waals surface area (Å²) in [5, 5.41) is 21.5. The fraction of sp³-hybridized carbons (Fsp3) is 0.333. The number of hydrogen-bond donors (Lipinski definition) is 3. The predicted molar refractivity (Wildman–Crippen MR) is 134 cm³/mol. The van der Waals surface area contributed by atoms with Crippen LogP contribution in [-0.4, -0.2) is 68.7 Å². The number of carbonyl (C=O) groups excluding carboxylic acids is 2. The number of phenols is 2. The highest BCUT2D eigenvalue weighted by atomic mass is 16.6. The van der Waals surface area contributed by atoms with E-state index in [1.807, 2.05) is 26.8 Å². The van der Waals surface area contributed by atoms with Gasteiger partial charge in [0.1, 0.15) is 22.8 Å². The maximum Gasteiger partial charge on any atom is 0.410 e. The van der Waals surface area contributed by atoms with Gasteiger partial charge in [-0.05, 0) is 51.1 Å². The van der Waals surface area contributed by atoms with E-state index in [-0.39, 0.29) is 29.1 Å². The molecule has 1 aromatic heterocycles. The smallest absolute Gasteiger partial charge is 0.410 e. The number of benzene rings is 2. The van der Waals surface area contributed by atoms with Crippen molar-refractivity contribution in [2.45, 2.75) is 32.9 Å². The van der Waals surface area contributed by atoms with Crippen LogP contribution in [0.3, 0.4) is 0 Å². The number of ether oxygens (including phenoxy) is 2. The molecular weight excluding hydrogens is 462 g/mol. The number of aromatic hydroxyl groups is 2. The van der Waals surface area contributed by atoms with Crippen molar-refractivity contribution in [2.75, 3.05) is 26.2 Å². The van der Waals surface area contributed by atoms with E-state index in [0.717, 1.165) is 5.52 Å². The van der Waals surface area contributed by atoms with Crippen molar-refractivity contribution >= 4 is 28.9 Å². The quantitative estimate of drug-likeness (QED) is 0.469. The third kappa shape index (κ3) is 4.49. The van der Waals surface area contributed by atoms with Crippen LogP contribution in [0.2, 0.25) is 0 Å². The first kappa shape index (κ1) is 23.7. The van der Waals surface area contributed by atoms with E-state index in [1.54, 1.807) is 35.4 Å². The molecule has 0 unspecified atom stereocenters. The van der Waals surface area contributed by atoms with Crippen LogP contribution in [0.5, 0.6) is 17.2 Å². The van der Waals surface area contributed by atoms with Gasteiger partial charge in [-0.2, -0.15) is 0 Å². The number of nitrogens with zero attached hydrogens (tertiary/aromatic N) is 2. The molecule has 2 aliphatic heterocycles. The molecule has 188 valence electrons. The van der Waals surface area contributed by atoms with Gasteiger partial charge in [0.05, 0.1) is 11.1 Å². The lowest BCUT2D eigenvalue weighted by molar-refractivity contribution is 0.0137. The summed E-state index contributed by atoms with van der Waals surface area (Å²) in [5.74, 6) is 0.320. The van der Waals surface area contributed by atoms with Gasteiger partial charge < -0.3 is 29.6 Å². The summed E-state index contributed by atoms with van der Waals surface area (Å²) < 4.78 is 11.5. The van der Waals surface area contributed by atoms with E-state index in [2.05, 4.69) is 9.88 Å². The van der Waals surface area contributed by atoms with Crippen LogP contribution >= 0.6 is 0 Å². The van der Waals surface area contributed by atoms with E-state index < -0.39 is 5.60 Å². The van der Waals surface area contributed by atoms with Gasteiger partial charge in [-0.25, -0.2) is 4.79 Å². The molecule has 3 heterocycles. The molecule has 9 nitrogen and oxygen atoms in total. The van der Waals surface area contributed by atoms with Crippen LogP contribution in [-0.2, 0) is 11.3 Å². The van der Waals surface area contributed by atoms with Crippen molar-refractivity contribution < 1.29 is 29.3 Å². The molecule has 2 aliphatic rings. The van der Waals surface area contributed by atoms with Gasteiger partial charge in [-0.1, -0.05) is 6.07 Å². The number of allylic oxidation sites excluding steroid dienone is 1. The third-order valence-corrected chi connectivity index (χ3v) is 6.32. The number of aromatic amines is 1. The van der Waals surface area contributed by atoms with Crippen LogP contribution in [0.15, 0.2) is 42.3 Å². The van der Waals surface area contributed by atoms with Crippen LogP contribution in [0.1, 0.15) is 42.3 Å². The first-order valence-electron chi connectivity index (χ1n) is 11.9. The average Bonchev–Trinajstić information content (AvgIpc) is 3.37.